The molecule has 3 N–H and O–H groups in total. The lowest BCUT2D eigenvalue weighted by Gasteiger charge is -2.44. The summed E-state index contributed by atoms with van der Waals surface area (Å²) in [4.78, 5) is 16.5. The maximum atomic E-state index is 11.9. The van der Waals surface area contributed by atoms with Crippen molar-refractivity contribution in [3.8, 4) is 11.5 Å². The molecule has 9 heteroatoms. The van der Waals surface area contributed by atoms with E-state index in [1.165, 1.54) is 0 Å². The number of nitrogens with one attached hydrogen (secondary N) is 3. The Morgan fingerprint density at radius 3 is 2.86 bits per heavy atom. The van der Waals surface area contributed by atoms with Crippen LogP contribution in [0.15, 0.2) is 72.6 Å². The Balaban J connectivity index is 0.973. The van der Waals surface area contributed by atoms with Crippen LogP contribution in [-0.2, 0) is 20.8 Å². The predicted molar refractivity (Wildman–Crippen MR) is 161 cm³/mol. The number of ether oxygens (including phenoxy) is 4. The van der Waals surface area contributed by atoms with E-state index in [1.807, 2.05) is 42.6 Å². The van der Waals surface area contributed by atoms with Crippen LogP contribution in [0, 0.1) is 17.3 Å². The largest absolute Gasteiger partial charge is 0.497 e. The lowest BCUT2D eigenvalue weighted by Crippen LogP contribution is -2.50. The van der Waals surface area contributed by atoms with Gasteiger partial charge >= 0.3 is 0 Å². The molecule has 3 aromatic rings. The van der Waals surface area contributed by atoms with Crippen molar-refractivity contribution in [3.05, 3.63) is 78.2 Å². The van der Waals surface area contributed by atoms with E-state index in [-0.39, 0.29) is 28.8 Å². The quantitative estimate of drug-likeness (QED) is 0.307. The molecule has 2 aliphatic carbocycles. The van der Waals surface area contributed by atoms with Gasteiger partial charge in [-0.3, -0.25) is 4.79 Å². The van der Waals surface area contributed by atoms with Gasteiger partial charge in [-0.25, -0.2) is 4.98 Å². The molecule has 2 bridgehead atoms. The number of methoxy groups -OCH3 is 2. The number of nitrogens with zero attached hydrogens (tertiary/aromatic N) is 1. The average Bonchev–Trinajstić information content (AvgIpc) is 3.69. The van der Waals surface area contributed by atoms with E-state index in [4.69, 9.17) is 18.9 Å². The summed E-state index contributed by atoms with van der Waals surface area (Å²) in [6, 6.07) is 14.1. The Labute approximate surface area is 245 Å². The maximum absolute atomic E-state index is 11.9. The third-order valence-corrected chi connectivity index (χ3v) is 9.09. The van der Waals surface area contributed by atoms with E-state index in [0.29, 0.717) is 26.3 Å². The van der Waals surface area contributed by atoms with Crippen molar-refractivity contribution in [2.45, 2.75) is 25.0 Å². The first kappa shape index (κ1) is 26.6. The molecule has 2 aromatic carbocycles. The number of carbonyl (C=O) groups is 1. The van der Waals surface area contributed by atoms with Crippen molar-refractivity contribution in [2.75, 3.05) is 51.2 Å². The number of fused-ring (bicyclic) bond motifs is 3. The van der Waals surface area contributed by atoms with Crippen LogP contribution in [0.1, 0.15) is 18.4 Å². The Kier molecular flexibility index (Phi) is 6.69. The standard InChI is InChI=1S/C33H36N4O5/c1-39-23-7-6-21(29(13-23)40-2)14-35-30-27-4-3-5-28(26(27)10-11-34-30)37-18-33-16-32(17-33,20-42-33)19-41-24-8-9-25-22(12-24)15-36-31(25)38/h3-13,22,25,37H,14-20H2,1-2H3,(H,34,35)(H,36,38). The third kappa shape index (κ3) is 4.81. The zero-order valence-electron chi connectivity index (χ0n) is 23.9. The summed E-state index contributed by atoms with van der Waals surface area (Å²) in [5, 5.41) is 12.2. The molecule has 1 saturated carbocycles. The summed E-state index contributed by atoms with van der Waals surface area (Å²) in [5.41, 5.74) is 1.96. The van der Waals surface area contributed by atoms with Crippen LogP contribution in [0.25, 0.3) is 10.8 Å². The monoisotopic (exact) mass is 568 g/mol. The molecule has 9 nitrogen and oxygen atoms in total. The molecular weight excluding hydrogens is 532 g/mol. The predicted octanol–water partition coefficient (Wildman–Crippen LogP) is 4.66. The Hall–Kier alpha value is -4.24. The van der Waals surface area contributed by atoms with Gasteiger partial charge < -0.3 is 34.9 Å². The van der Waals surface area contributed by atoms with Gasteiger partial charge in [0.05, 0.1) is 39.0 Å². The molecule has 1 aromatic heterocycles. The molecule has 2 unspecified atom stereocenters. The van der Waals surface area contributed by atoms with Gasteiger partial charge in [-0.2, -0.15) is 0 Å². The number of hydrogen-bond donors (Lipinski definition) is 3. The number of carbonyl (C=O) groups excluding carboxylic acids is 1. The molecule has 3 saturated heterocycles. The van der Waals surface area contributed by atoms with Crippen LogP contribution >= 0.6 is 0 Å². The molecule has 2 atom stereocenters. The highest BCUT2D eigenvalue weighted by Crippen LogP contribution is 2.58. The molecular formula is C33H36N4O5. The first-order valence-electron chi connectivity index (χ1n) is 14.5. The number of amides is 1. The second-order valence-electron chi connectivity index (χ2n) is 11.9. The lowest BCUT2D eigenvalue weighted by molar-refractivity contribution is -0.121. The van der Waals surface area contributed by atoms with Crippen molar-refractivity contribution in [3.63, 3.8) is 0 Å². The average molecular weight is 569 g/mol. The minimum absolute atomic E-state index is 0.0542. The van der Waals surface area contributed by atoms with Crippen molar-refractivity contribution in [1.82, 2.24) is 10.3 Å². The van der Waals surface area contributed by atoms with Crippen molar-refractivity contribution in [2.24, 2.45) is 17.3 Å². The Bertz CT molecular complexity index is 1580. The van der Waals surface area contributed by atoms with Crippen LogP contribution in [0.5, 0.6) is 11.5 Å². The summed E-state index contributed by atoms with van der Waals surface area (Å²) in [6.07, 6.45) is 9.78. The van der Waals surface area contributed by atoms with E-state index in [2.05, 4.69) is 45.2 Å². The fourth-order valence-electron chi connectivity index (χ4n) is 6.93. The summed E-state index contributed by atoms with van der Waals surface area (Å²) in [7, 11) is 3.31. The smallest absolute Gasteiger partial charge is 0.227 e. The van der Waals surface area contributed by atoms with E-state index in [0.717, 1.165) is 64.5 Å². The van der Waals surface area contributed by atoms with Gasteiger partial charge in [0.25, 0.3) is 0 Å². The highest BCUT2D eigenvalue weighted by atomic mass is 16.5. The van der Waals surface area contributed by atoms with E-state index in [1.54, 1.807) is 14.2 Å². The molecule has 0 spiro atoms. The summed E-state index contributed by atoms with van der Waals surface area (Å²) in [6.45, 7) is 3.34. The van der Waals surface area contributed by atoms with Crippen LogP contribution in [0.2, 0.25) is 0 Å². The zero-order valence-corrected chi connectivity index (χ0v) is 23.9. The fourth-order valence-corrected chi connectivity index (χ4v) is 6.93. The zero-order chi connectivity index (χ0) is 28.7. The third-order valence-electron chi connectivity index (χ3n) is 9.09. The number of hydrogen-bond acceptors (Lipinski definition) is 8. The second kappa shape index (κ2) is 10.5. The number of allylic oxidation sites excluding steroid dienone is 1. The number of benzene rings is 2. The highest BCUT2D eigenvalue weighted by molar-refractivity contribution is 5.99. The topological polar surface area (TPSA) is 103 Å². The molecule has 218 valence electrons. The van der Waals surface area contributed by atoms with Gasteiger partial charge in [0.1, 0.15) is 23.1 Å². The van der Waals surface area contributed by atoms with Crippen LogP contribution in [-0.4, -0.2) is 57.0 Å². The SMILES string of the molecule is COc1ccc(CNc2nccc3c(NCC45CC(COC6=CC7CNC(=O)C7C=C6)(CO4)C5)cccc23)c(OC)c1. The molecule has 5 aliphatic rings. The minimum atomic E-state index is -0.172. The summed E-state index contributed by atoms with van der Waals surface area (Å²) < 4.78 is 23.4. The summed E-state index contributed by atoms with van der Waals surface area (Å²) >= 11 is 0. The number of pyridine rings is 1. The van der Waals surface area contributed by atoms with Crippen LogP contribution < -0.4 is 25.4 Å². The van der Waals surface area contributed by atoms with Gasteiger partial charge in [0.15, 0.2) is 0 Å². The number of aromatic nitrogens is 1. The summed E-state index contributed by atoms with van der Waals surface area (Å²) in [5.74, 6) is 3.45. The highest BCUT2D eigenvalue weighted by Gasteiger charge is 2.62. The molecule has 0 radical (unpaired) electrons. The van der Waals surface area contributed by atoms with Crippen molar-refractivity contribution in [1.29, 1.82) is 0 Å². The second-order valence-corrected chi connectivity index (χ2v) is 11.9. The number of anilines is 2. The van der Waals surface area contributed by atoms with Gasteiger partial charge in [0.2, 0.25) is 5.91 Å². The first-order chi connectivity index (χ1) is 20.5. The molecule has 4 heterocycles. The maximum Gasteiger partial charge on any atom is 0.227 e. The lowest BCUT2D eigenvalue weighted by atomic mass is 9.63. The van der Waals surface area contributed by atoms with Gasteiger partial charge in [-0.05, 0) is 49.3 Å². The number of rotatable bonds is 11. The Morgan fingerprint density at radius 1 is 1.10 bits per heavy atom. The molecule has 4 fully saturated rings. The van der Waals surface area contributed by atoms with E-state index >= 15 is 0 Å². The van der Waals surface area contributed by atoms with Crippen LogP contribution in [0.3, 0.4) is 0 Å². The molecule has 8 rings (SSSR count). The van der Waals surface area contributed by atoms with Crippen molar-refractivity contribution < 1.29 is 23.7 Å². The molecule has 3 aliphatic heterocycles. The Morgan fingerprint density at radius 2 is 2.00 bits per heavy atom. The minimum Gasteiger partial charge on any atom is -0.497 e. The fraction of sp³-hybridized carbons (Fsp3) is 0.394. The van der Waals surface area contributed by atoms with Gasteiger partial charge in [-0.1, -0.05) is 18.2 Å². The van der Waals surface area contributed by atoms with Gasteiger partial charge in [-0.15, -0.1) is 0 Å². The van der Waals surface area contributed by atoms with Crippen LogP contribution in [0.4, 0.5) is 11.5 Å². The molecule has 1 amide bonds. The first-order valence-corrected chi connectivity index (χ1v) is 14.5. The van der Waals surface area contributed by atoms with E-state index in [9.17, 15) is 4.79 Å². The van der Waals surface area contributed by atoms with Crippen molar-refractivity contribution >= 4 is 28.2 Å². The molecule has 42 heavy (non-hydrogen) atoms. The van der Waals surface area contributed by atoms with E-state index < -0.39 is 0 Å². The van der Waals surface area contributed by atoms with Gasteiger partial charge in [0, 0.05) is 65.3 Å². The normalized spacial score (nSPS) is 27.1.